The molecule has 0 saturated heterocycles. The van der Waals surface area contributed by atoms with Crippen molar-refractivity contribution in [3.8, 4) is 17.2 Å². The van der Waals surface area contributed by atoms with Gasteiger partial charge in [-0.1, -0.05) is 89.1 Å². The van der Waals surface area contributed by atoms with Crippen LogP contribution in [0.25, 0.3) is 0 Å². The standard InChI is InChI=1S/C24H34O2/c1-3-5-6-7-8-9-15-20(14-4-2)21-16-10-12-18-23(21)26-24-19-13-11-17-22(24)25/h10-13,16-20,25H,3-9,14-15H2,1-2H3. The van der Waals surface area contributed by atoms with E-state index in [0.29, 0.717) is 11.7 Å². The molecule has 26 heavy (non-hydrogen) atoms. The third-order valence-corrected chi connectivity index (χ3v) is 4.99. The van der Waals surface area contributed by atoms with Crippen LogP contribution in [-0.2, 0) is 0 Å². The van der Waals surface area contributed by atoms with Crippen LogP contribution < -0.4 is 4.74 Å². The Hall–Kier alpha value is -1.96. The highest BCUT2D eigenvalue weighted by Gasteiger charge is 2.16. The highest BCUT2D eigenvalue weighted by molar-refractivity contribution is 5.45. The number of para-hydroxylation sites is 3. The number of ether oxygens (including phenoxy) is 1. The Bertz CT molecular complexity index is 636. The molecule has 2 aromatic rings. The average molecular weight is 355 g/mol. The highest BCUT2D eigenvalue weighted by atomic mass is 16.5. The molecule has 0 radical (unpaired) electrons. The van der Waals surface area contributed by atoms with Gasteiger partial charge in [0.1, 0.15) is 5.75 Å². The molecular formula is C24H34O2. The number of unbranched alkanes of at least 4 members (excludes halogenated alkanes) is 5. The minimum absolute atomic E-state index is 0.185. The lowest BCUT2D eigenvalue weighted by Gasteiger charge is -2.20. The molecule has 0 heterocycles. The van der Waals surface area contributed by atoms with Crippen molar-refractivity contribution < 1.29 is 9.84 Å². The zero-order chi connectivity index (χ0) is 18.6. The van der Waals surface area contributed by atoms with Gasteiger partial charge < -0.3 is 9.84 Å². The summed E-state index contributed by atoms with van der Waals surface area (Å²) >= 11 is 0. The fraction of sp³-hybridized carbons (Fsp3) is 0.500. The lowest BCUT2D eigenvalue weighted by Crippen LogP contribution is -2.02. The smallest absolute Gasteiger partial charge is 0.169 e. The Morgan fingerprint density at radius 1 is 0.731 bits per heavy atom. The van der Waals surface area contributed by atoms with E-state index in [1.807, 2.05) is 30.3 Å². The minimum Gasteiger partial charge on any atom is -0.504 e. The molecule has 1 atom stereocenters. The first-order valence-corrected chi connectivity index (χ1v) is 10.3. The number of hydrogen-bond donors (Lipinski definition) is 1. The number of hydrogen-bond acceptors (Lipinski definition) is 2. The van der Waals surface area contributed by atoms with Gasteiger partial charge in [-0.2, -0.15) is 0 Å². The van der Waals surface area contributed by atoms with E-state index in [0.717, 1.165) is 5.75 Å². The molecule has 0 fully saturated rings. The molecular weight excluding hydrogens is 320 g/mol. The van der Waals surface area contributed by atoms with Crippen LogP contribution in [0.15, 0.2) is 48.5 Å². The number of aromatic hydroxyl groups is 1. The predicted octanol–water partition coefficient (Wildman–Crippen LogP) is 7.82. The van der Waals surface area contributed by atoms with E-state index in [2.05, 4.69) is 26.0 Å². The van der Waals surface area contributed by atoms with Crippen LogP contribution in [0.3, 0.4) is 0 Å². The van der Waals surface area contributed by atoms with Crippen LogP contribution in [0, 0.1) is 0 Å². The maximum Gasteiger partial charge on any atom is 0.169 e. The van der Waals surface area contributed by atoms with Crippen molar-refractivity contribution in [1.82, 2.24) is 0 Å². The second-order valence-electron chi connectivity index (χ2n) is 7.15. The van der Waals surface area contributed by atoms with Crippen LogP contribution in [0.2, 0.25) is 0 Å². The lowest BCUT2D eigenvalue weighted by atomic mass is 9.88. The molecule has 0 amide bonds. The topological polar surface area (TPSA) is 29.5 Å². The second kappa shape index (κ2) is 11.6. The molecule has 0 saturated carbocycles. The van der Waals surface area contributed by atoms with Crippen molar-refractivity contribution in [1.29, 1.82) is 0 Å². The summed E-state index contributed by atoms with van der Waals surface area (Å²) in [6, 6.07) is 15.5. The van der Waals surface area contributed by atoms with E-state index in [1.165, 1.54) is 63.4 Å². The molecule has 2 nitrogen and oxygen atoms in total. The number of benzene rings is 2. The second-order valence-corrected chi connectivity index (χ2v) is 7.15. The number of rotatable bonds is 12. The Balaban J connectivity index is 2.04. The minimum atomic E-state index is 0.185. The van der Waals surface area contributed by atoms with Crippen LogP contribution in [0.5, 0.6) is 17.2 Å². The molecule has 0 aliphatic rings. The van der Waals surface area contributed by atoms with Gasteiger partial charge in [0.05, 0.1) is 0 Å². The zero-order valence-corrected chi connectivity index (χ0v) is 16.4. The summed E-state index contributed by atoms with van der Waals surface area (Å²) in [5, 5.41) is 10.0. The van der Waals surface area contributed by atoms with Crippen molar-refractivity contribution in [2.45, 2.75) is 77.6 Å². The van der Waals surface area contributed by atoms with Gasteiger partial charge in [0, 0.05) is 0 Å². The molecule has 1 N–H and O–H groups in total. The Morgan fingerprint density at radius 2 is 1.38 bits per heavy atom. The Labute approximate surface area is 159 Å². The Kier molecular flexibility index (Phi) is 9.09. The van der Waals surface area contributed by atoms with Gasteiger partial charge >= 0.3 is 0 Å². The van der Waals surface area contributed by atoms with E-state index in [-0.39, 0.29) is 5.75 Å². The van der Waals surface area contributed by atoms with E-state index < -0.39 is 0 Å². The molecule has 0 bridgehead atoms. The number of phenols is 1. The quantitative estimate of drug-likeness (QED) is 0.394. The Morgan fingerprint density at radius 3 is 2.12 bits per heavy atom. The summed E-state index contributed by atoms with van der Waals surface area (Å²) in [5.41, 5.74) is 1.27. The fourth-order valence-corrected chi connectivity index (χ4v) is 3.55. The van der Waals surface area contributed by atoms with E-state index >= 15 is 0 Å². The molecule has 0 aliphatic carbocycles. The van der Waals surface area contributed by atoms with Gasteiger partial charge in [-0.05, 0) is 42.5 Å². The zero-order valence-electron chi connectivity index (χ0n) is 16.4. The lowest BCUT2D eigenvalue weighted by molar-refractivity contribution is 0.403. The van der Waals surface area contributed by atoms with Gasteiger partial charge in [0.15, 0.2) is 11.5 Å². The molecule has 1 unspecified atom stereocenters. The normalized spacial score (nSPS) is 12.1. The summed E-state index contributed by atoms with van der Waals surface area (Å²) in [4.78, 5) is 0. The fourth-order valence-electron chi connectivity index (χ4n) is 3.55. The van der Waals surface area contributed by atoms with Crippen molar-refractivity contribution >= 4 is 0 Å². The molecule has 2 heteroatoms. The molecule has 0 aliphatic heterocycles. The molecule has 0 spiro atoms. The van der Waals surface area contributed by atoms with Crippen LogP contribution in [0.4, 0.5) is 0 Å². The summed E-state index contributed by atoms with van der Waals surface area (Å²) in [6.07, 6.45) is 11.5. The van der Waals surface area contributed by atoms with Gasteiger partial charge in [0.25, 0.3) is 0 Å². The van der Waals surface area contributed by atoms with E-state index in [9.17, 15) is 5.11 Å². The van der Waals surface area contributed by atoms with Gasteiger partial charge in [-0.3, -0.25) is 0 Å². The van der Waals surface area contributed by atoms with Crippen molar-refractivity contribution in [2.24, 2.45) is 0 Å². The summed E-state index contributed by atoms with van der Waals surface area (Å²) in [7, 11) is 0. The molecule has 2 rings (SSSR count). The maximum absolute atomic E-state index is 10.0. The first-order valence-electron chi connectivity index (χ1n) is 10.3. The van der Waals surface area contributed by atoms with Gasteiger partial charge in [0.2, 0.25) is 0 Å². The van der Waals surface area contributed by atoms with Crippen LogP contribution in [0.1, 0.15) is 83.1 Å². The predicted molar refractivity (Wildman–Crippen MR) is 110 cm³/mol. The highest BCUT2D eigenvalue weighted by Crippen LogP contribution is 2.38. The van der Waals surface area contributed by atoms with Crippen LogP contribution >= 0.6 is 0 Å². The third kappa shape index (κ3) is 6.40. The summed E-state index contributed by atoms with van der Waals surface area (Å²) < 4.78 is 6.08. The summed E-state index contributed by atoms with van der Waals surface area (Å²) in [6.45, 7) is 4.51. The van der Waals surface area contributed by atoms with Crippen molar-refractivity contribution in [3.05, 3.63) is 54.1 Å². The summed E-state index contributed by atoms with van der Waals surface area (Å²) in [5.74, 6) is 2.10. The SMILES string of the molecule is CCCCCCCCC(CCC)c1ccccc1Oc1ccccc1O. The van der Waals surface area contributed by atoms with E-state index in [4.69, 9.17) is 4.74 Å². The third-order valence-electron chi connectivity index (χ3n) is 4.99. The number of phenolic OH excluding ortho intramolecular Hbond substituents is 1. The molecule has 2 aromatic carbocycles. The van der Waals surface area contributed by atoms with Gasteiger partial charge in [-0.15, -0.1) is 0 Å². The monoisotopic (exact) mass is 354 g/mol. The first kappa shape index (κ1) is 20.4. The van der Waals surface area contributed by atoms with Crippen molar-refractivity contribution in [2.75, 3.05) is 0 Å². The molecule has 0 aromatic heterocycles. The average Bonchev–Trinajstić information content (AvgIpc) is 2.66. The molecule has 142 valence electrons. The van der Waals surface area contributed by atoms with E-state index in [1.54, 1.807) is 6.07 Å². The maximum atomic E-state index is 10.0. The first-order chi connectivity index (χ1) is 12.8. The van der Waals surface area contributed by atoms with Gasteiger partial charge in [-0.25, -0.2) is 0 Å². The largest absolute Gasteiger partial charge is 0.504 e. The van der Waals surface area contributed by atoms with Crippen molar-refractivity contribution in [3.63, 3.8) is 0 Å². The van der Waals surface area contributed by atoms with Crippen LogP contribution in [-0.4, -0.2) is 5.11 Å².